The zero-order chi connectivity index (χ0) is 20.9. The van der Waals surface area contributed by atoms with Crippen molar-refractivity contribution in [1.82, 2.24) is 15.1 Å². The molecule has 0 spiro atoms. The summed E-state index contributed by atoms with van der Waals surface area (Å²) in [7, 11) is 0. The molecule has 6 heteroatoms. The van der Waals surface area contributed by atoms with Crippen LogP contribution in [0.2, 0.25) is 0 Å². The minimum atomic E-state index is -0.209. The van der Waals surface area contributed by atoms with Gasteiger partial charge in [0.2, 0.25) is 11.8 Å². The molecule has 1 aliphatic heterocycles. The molecule has 0 aromatic heterocycles. The number of carbonyl (C=O) groups is 2. The SMILES string of the molecule is Cc1cc(C)c(NC(=O)CN2CCCN(CC(=O)NC(C)(C)C)CC2)c(C)c1. The van der Waals surface area contributed by atoms with E-state index in [1.165, 1.54) is 5.56 Å². The summed E-state index contributed by atoms with van der Waals surface area (Å²) in [5.41, 5.74) is 4.11. The summed E-state index contributed by atoms with van der Waals surface area (Å²) in [5.74, 6) is 0.0815. The molecule has 1 aromatic carbocycles. The van der Waals surface area contributed by atoms with E-state index in [4.69, 9.17) is 0 Å². The second kappa shape index (κ2) is 9.52. The highest BCUT2D eigenvalue weighted by Crippen LogP contribution is 2.21. The maximum absolute atomic E-state index is 12.6. The summed E-state index contributed by atoms with van der Waals surface area (Å²) in [5, 5.41) is 6.10. The zero-order valence-electron chi connectivity index (χ0n) is 18.3. The summed E-state index contributed by atoms with van der Waals surface area (Å²) in [6.45, 7) is 16.2. The molecular weight excluding hydrogens is 352 g/mol. The van der Waals surface area contributed by atoms with Crippen LogP contribution in [-0.2, 0) is 9.59 Å². The van der Waals surface area contributed by atoms with Crippen LogP contribution in [0, 0.1) is 20.8 Å². The molecule has 1 saturated heterocycles. The number of hydrogen-bond donors (Lipinski definition) is 2. The van der Waals surface area contributed by atoms with Crippen molar-refractivity contribution in [3.05, 3.63) is 28.8 Å². The largest absolute Gasteiger partial charge is 0.350 e. The Hall–Kier alpha value is -1.92. The van der Waals surface area contributed by atoms with E-state index >= 15 is 0 Å². The van der Waals surface area contributed by atoms with Gasteiger partial charge in [0.25, 0.3) is 0 Å². The van der Waals surface area contributed by atoms with Crippen LogP contribution in [0.15, 0.2) is 12.1 Å². The monoisotopic (exact) mass is 388 g/mol. The van der Waals surface area contributed by atoms with E-state index in [0.29, 0.717) is 13.1 Å². The van der Waals surface area contributed by atoms with Crippen molar-refractivity contribution >= 4 is 17.5 Å². The number of nitrogens with zero attached hydrogens (tertiary/aromatic N) is 2. The fourth-order valence-corrected chi connectivity index (χ4v) is 3.76. The lowest BCUT2D eigenvalue weighted by molar-refractivity contribution is -0.123. The molecule has 6 nitrogen and oxygen atoms in total. The normalized spacial score (nSPS) is 16.5. The average molecular weight is 389 g/mol. The average Bonchev–Trinajstić information content (AvgIpc) is 2.74. The second-order valence-electron chi connectivity index (χ2n) is 9.03. The Morgan fingerprint density at radius 3 is 1.89 bits per heavy atom. The quantitative estimate of drug-likeness (QED) is 0.813. The minimum Gasteiger partial charge on any atom is -0.350 e. The summed E-state index contributed by atoms with van der Waals surface area (Å²) in [4.78, 5) is 29.1. The van der Waals surface area contributed by atoms with Crippen molar-refractivity contribution in [2.24, 2.45) is 0 Å². The third-order valence-electron chi connectivity index (χ3n) is 4.87. The molecule has 0 radical (unpaired) electrons. The van der Waals surface area contributed by atoms with E-state index in [9.17, 15) is 9.59 Å². The molecule has 0 aliphatic carbocycles. The van der Waals surface area contributed by atoms with E-state index in [0.717, 1.165) is 49.4 Å². The fourth-order valence-electron chi connectivity index (χ4n) is 3.76. The van der Waals surface area contributed by atoms with Gasteiger partial charge in [0.1, 0.15) is 0 Å². The van der Waals surface area contributed by atoms with Gasteiger partial charge in [-0.05, 0) is 72.2 Å². The van der Waals surface area contributed by atoms with Gasteiger partial charge in [-0.1, -0.05) is 17.7 Å². The molecule has 0 saturated carbocycles. The van der Waals surface area contributed by atoms with E-state index in [1.807, 2.05) is 34.6 Å². The minimum absolute atomic E-state index is 0.0222. The van der Waals surface area contributed by atoms with Crippen LogP contribution in [0.1, 0.15) is 43.9 Å². The van der Waals surface area contributed by atoms with Crippen molar-refractivity contribution < 1.29 is 9.59 Å². The molecule has 0 atom stereocenters. The molecule has 0 bridgehead atoms. The van der Waals surface area contributed by atoms with Crippen molar-refractivity contribution in [2.75, 3.05) is 44.6 Å². The standard InChI is InChI=1S/C22H36N4O2/c1-16-12-17(2)21(18(3)13-16)23-19(27)14-25-8-7-9-26(11-10-25)15-20(28)24-22(4,5)6/h12-13H,7-11,14-15H2,1-6H3,(H,23,27)(H,24,28). The molecule has 28 heavy (non-hydrogen) atoms. The molecule has 0 unspecified atom stereocenters. The Kier molecular flexibility index (Phi) is 7.61. The molecule has 1 heterocycles. The van der Waals surface area contributed by atoms with Crippen LogP contribution in [-0.4, -0.2) is 66.4 Å². The molecule has 156 valence electrons. The molecule has 1 fully saturated rings. The van der Waals surface area contributed by atoms with Gasteiger partial charge in [0.05, 0.1) is 13.1 Å². The smallest absolute Gasteiger partial charge is 0.238 e. The van der Waals surface area contributed by atoms with Crippen molar-refractivity contribution in [3.63, 3.8) is 0 Å². The summed E-state index contributed by atoms with van der Waals surface area (Å²) in [6.07, 6.45) is 0.957. The van der Waals surface area contributed by atoms with Crippen LogP contribution >= 0.6 is 0 Å². The first-order valence-corrected chi connectivity index (χ1v) is 10.2. The van der Waals surface area contributed by atoms with Crippen molar-refractivity contribution in [3.8, 4) is 0 Å². The first kappa shape index (κ1) is 22.4. The molecule has 2 rings (SSSR count). The van der Waals surface area contributed by atoms with Crippen LogP contribution in [0.25, 0.3) is 0 Å². The van der Waals surface area contributed by atoms with Crippen molar-refractivity contribution in [2.45, 2.75) is 53.5 Å². The van der Waals surface area contributed by atoms with Crippen LogP contribution in [0.3, 0.4) is 0 Å². The number of carbonyl (C=O) groups excluding carboxylic acids is 2. The third-order valence-corrected chi connectivity index (χ3v) is 4.87. The van der Waals surface area contributed by atoms with E-state index in [2.05, 4.69) is 39.5 Å². The number of amides is 2. The van der Waals surface area contributed by atoms with E-state index in [1.54, 1.807) is 0 Å². The molecule has 1 aromatic rings. The lowest BCUT2D eigenvalue weighted by Crippen LogP contribution is -2.46. The van der Waals surface area contributed by atoms with Crippen LogP contribution < -0.4 is 10.6 Å². The van der Waals surface area contributed by atoms with Gasteiger partial charge >= 0.3 is 0 Å². The number of anilines is 1. The highest BCUT2D eigenvalue weighted by Gasteiger charge is 2.21. The third kappa shape index (κ3) is 7.24. The number of benzene rings is 1. The zero-order valence-corrected chi connectivity index (χ0v) is 18.3. The number of nitrogens with one attached hydrogen (secondary N) is 2. The highest BCUT2D eigenvalue weighted by atomic mass is 16.2. The Balaban J connectivity index is 1.84. The number of hydrogen-bond acceptors (Lipinski definition) is 4. The van der Waals surface area contributed by atoms with Gasteiger partial charge in [-0.25, -0.2) is 0 Å². The lowest BCUT2D eigenvalue weighted by atomic mass is 10.1. The summed E-state index contributed by atoms with van der Waals surface area (Å²) < 4.78 is 0. The van der Waals surface area contributed by atoms with Gasteiger partial charge in [0.15, 0.2) is 0 Å². The number of rotatable bonds is 5. The highest BCUT2D eigenvalue weighted by molar-refractivity contribution is 5.93. The van der Waals surface area contributed by atoms with Crippen LogP contribution in [0.4, 0.5) is 5.69 Å². The van der Waals surface area contributed by atoms with Crippen LogP contribution in [0.5, 0.6) is 0 Å². The topological polar surface area (TPSA) is 64.7 Å². The van der Waals surface area contributed by atoms with Gasteiger partial charge in [-0.2, -0.15) is 0 Å². The first-order valence-electron chi connectivity index (χ1n) is 10.2. The molecule has 1 aliphatic rings. The Morgan fingerprint density at radius 1 is 0.893 bits per heavy atom. The fraction of sp³-hybridized carbons (Fsp3) is 0.636. The predicted octanol–water partition coefficient (Wildman–Crippen LogP) is 2.47. The Bertz CT molecular complexity index is 686. The predicted molar refractivity (Wildman–Crippen MR) is 115 cm³/mol. The molecule has 2 N–H and O–H groups in total. The van der Waals surface area contributed by atoms with E-state index < -0.39 is 0 Å². The van der Waals surface area contributed by atoms with Gasteiger partial charge in [0, 0.05) is 24.3 Å². The summed E-state index contributed by atoms with van der Waals surface area (Å²) >= 11 is 0. The number of aryl methyl sites for hydroxylation is 3. The Labute approximate surface area is 169 Å². The maximum Gasteiger partial charge on any atom is 0.238 e. The lowest BCUT2D eigenvalue weighted by Gasteiger charge is -2.25. The first-order chi connectivity index (χ1) is 13.0. The maximum atomic E-state index is 12.6. The summed E-state index contributed by atoms with van der Waals surface area (Å²) in [6, 6.07) is 4.18. The Morgan fingerprint density at radius 2 is 1.39 bits per heavy atom. The van der Waals surface area contributed by atoms with Gasteiger partial charge in [-0.3, -0.25) is 19.4 Å². The molecular formula is C22H36N4O2. The molecule has 2 amide bonds. The van der Waals surface area contributed by atoms with Crippen molar-refractivity contribution in [1.29, 1.82) is 0 Å². The second-order valence-corrected chi connectivity index (χ2v) is 9.03. The van der Waals surface area contributed by atoms with Gasteiger partial charge in [-0.15, -0.1) is 0 Å². The van der Waals surface area contributed by atoms with E-state index in [-0.39, 0.29) is 17.4 Å². The van der Waals surface area contributed by atoms with Gasteiger partial charge < -0.3 is 10.6 Å².